The number of nitrogens with one attached hydrogen (secondary N) is 1. The zero-order valence-corrected chi connectivity index (χ0v) is 20.9. The summed E-state index contributed by atoms with van der Waals surface area (Å²) in [5.74, 6) is 1.83. The molecule has 7 heteroatoms. The van der Waals surface area contributed by atoms with Gasteiger partial charge in [0.25, 0.3) is 0 Å². The third-order valence-electron chi connectivity index (χ3n) is 7.26. The number of benzene rings is 1. The number of nitrogens with zero attached hydrogens (tertiary/aromatic N) is 3. The van der Waals surface area contributed by atoms with Crippen molar-refractivity contribution in [2.45, 2.75) is 70.3 Å². The molecule has 176 valence electrons. The van der Waals surface area contributed by atoms with Gasteiger partial charge in [-0.2, -0.15) is 4.99 Å². The van der Waals surface area contributed by atoms with Gasteiger partial charge in [0.05, 0.1) is 0 Å². The third-order valence-corrected chi connectivity index (χ3v) is 8.48. The minimum atomic E-state index is 0.440. The molecule has 0 unspecified atom stereocenters. The number of thioether (sulfide) groups is 1. The van der Waals surface area contributed by atoms with Gasteiger partial charge in [-0.15, -0.1) is 0 Å². The largest absolute Gasteiger partial charge is 0.378 e. The number of hydrogen-bond donors (Lipinski definition) is 2. The first-order valence-electron chi connectivity index (χ1n) is 12.5. The number of rotatable bonds is 5. The van der Waals surface area contributed by atoms with E-state index in [4.69, 9.17) is 18.0 Å². The van der Waals surface area contributed by atoms with E-state index in [1.807, 2.05) is 0 Å². The molecule has 0 aromatic heterocycles. The van der Waals surface area contributed by atoms with Crippen molar-refractivity contribution in [3.8, 4) is 0 Å². The number of piperidine rings is 1. The Balaban J connectivity index is 1.20. The van der Waals surface area contributed by atoms with Crippen molar-refractivity contribution in [1.82, 2.24) is 4.90 Å². The highest BCUT2D eigenvalue weighted by molar-refractivity contribution is 8.13. The number of thiocarbonyl (C=S) groups is 1. The minimum absolute atomic E-state index is 0.440. The van der Waals surface area contributed by atoms with Crippen molar-refractivity contribution in [1.29, 1.82) is 0 Å². The first-order valence-corrected chi connectivity index (χ1v) is 13.9. The highest BCUT2D eigenvalue weighted by atomic mass is 32.2. The molecule has 3 N–H and O–H groups in total. The molecule has 4 rings (SSSR count). The van der Waals surface area contributed by atoms with Crippen LogP contribution in [-0.2, 0) is 0 Å². The Labute approximate surface area is 203 Å². The van der Waals surface area contributed by atoms with E-state index in [0.717, 1.165) is 36.5 Å². The lowest BCUT2D eigenvalue weighted by Crippen LogP contribution is -2.43. The molecule has 1 aromatic rings. The van der Waals surface area contributed by atoms with Gasteiger partial charge in [-0.3, -0.25) is 0 Å². The van der Waals surface area contributed by atoms with Crippen LogP contribution in [0.3, 0.4) is 0 Å². The number of hydrogen-bond acceptors (Lipinski definition) is 4. The van der Waals surface area contributed by atoms with Gasteiger partial charge in [0.1, 0.15) is 0 Å². The fourth-order valence-corrected chi connectivity index (χ4v) is 6.54. The summed E-state index contributed by atoms with van der Waals surface area (Å²) >= 11 is 7.07. The van der Waals surface area contributed by atoms with Crippen LogP contribution < -0.4 is 16.0 Å². The van der Waals surface area contributed by atoms with E-state index in [-0.39, 0.29) is 0 Å². The molecular formula is C25H39N5S2. The molecule has 5 nitrogen and oxygen atoms in total. The topological polar surface area (TPSA) is 56.9 Å². The molecule has 2 aliphatic heterocycles. The molecular weight excluding hydrogens is 434 g/mol. The van der Waals surface area contributed by atoms with Crippen LogP contribution in [0, 0.1) is 5.92 Å². The molecule has 2 saturated heterocycles. The highest BCUT2D eigenvalue weighted by Gasteiger charge is 2.26. The molecule has 0 amide bonds. The van der Waals surface area contributed by atoms with Crippen LogP contribution in [0.5, 0.6) is 0 Å². The lowest BCUT2D eigenvalue weighted by Gasteiger charge is -2.37. The second-order valence-electron chi connectivity index (χ2n) is 9.56. The van der Waals surface area contributed by atoms with Crippen molar-refractivity contribution in [3.05, 3.63) is 24.3 Å². The standard InChI is InChI=1S/C25H39N5S2/c26-24(32-19-20-7-3-1-2-4-8-20)28-25(31)27-21-9-11-22(12-10-21)30-17-13-23(14-18-30)29-15-5-6-16-29/h9-12,20,23H,1-8,13-19H2,(H3,26,27,28,31). The first-order chi connectivity index (χ1) is 15.7. The summed E-state index contributed by atoms with van der Waals surface area (Å²) in [4.78, 5) is 9.61. The summed E-state index contributed by atoms with van der Waals surface area (Å²) in [6, 6.07) is 9.36. The predicted octanol–water partition coefficient (Wildman–Crippen LogP) is 5.47. The lowest BCUT2D eigenvalue weighted by atomic mass is 10.0. The molecule has 1 saturated carbocycles. The van der Waals surface area contributed by atoms with Crippen molar-refractivity contribution in [2.75, 3.05) is 42.1 Å². The average Bonchev–Trinajstić information content (AvgIpc) is 3.22. The Morgan fingerprint density at radius 2 is 1.59 bits per heavy atom. The normalized spacial score (nSPS) is 22.1. The van der Waals surface area contributed by atoms with E-state index in [1.165, 1.54) is 83.0 Å². The number of nitrogens with two attached hydrogens (primary N) is 1. The SMILES string of the molecule is N/C(=N\C(=S)Nc1ccc(N2CCC(N3CCCC3)CC2)cc1)SCC1CCCCCC1. The maximum absolute atomic E-state index is 6.14. The average molecular weight is 474 g/mol. The molecule has 1 aliphatic carbocycles. The molecule has 0 spiro atoms. The summed E-state index contributed by atoms with van der Waals surface area (Å²) in [5, 5.41) is 4.23. The monoisotopic (exact) mass is 473 g/mol. The second kappa shape index (κ2) is 12.2. The molecule has 0 atom stereocenters. The second-order valence-corrected chi connectivity index (χ2v) is 11.0. The highest BCUT2D eigenvalue weighted by Crippen LogP contribution is 2.27. The van der Waals surface area contributed by atoms with Gasteiger partial charge in [0.2, 0.25) is 0 Å². The Morgan fingerprint density at radius 1 is 0.938 bits per heavy atom. The Bertz CT molecular complexity index is 744. The van der Waals surface area contributed by atoms with Gasteiger partial charge in [-0.25, -0.2) is 0 Å². The molecule has 2 heterocycles. The van der Waals surface area contributed by atoms with Crippen LogP contribution in [0.15, 0.2) is 29.3 Å². The number of aliphatic imine (C=N–C) groups is 1. The van der Waals surface area contributed by atoms with Gasteiger partial charge in [0, 0.05) is 36.3 Å². The number of amidine groups is 1. The van der Waals surface area contributed by atoms with Crippen LogP contribution in [-0.4, -0.2) is 53.2 Å². The zero-order valence-electron chi connectivity index (χ0n) is 19.3. The van der Waals surface area contributed by atoms with Crippen molar-refractivity contribution < 1.29 is 0 Å². The van der Waals surface area contributed by atoms with Gasteiger partial charge in [-0.1, -0.05) is 37.4 Å². The maximum Gasteiger partial charge on any atom is 0.199 e. The van der Waals surface area contributed by atoms with Gasteiger partial charge in [0.15, 0.2) is 10.3 Å². The van der Waals surface area contributed by atoms with Gasteiger partial charge >= 0.3 is 0 Å². The molecule has 32 heavy (non-hydrogen) atoms. The van der Waals surface area contributed by atoms with E-state index in [9.17, 15) is 0 Å². The van der Waals surface area contributed by atoms with Gasteiger partial charge in [-0.05, 0) is 94.0 Å². The smallest absolute Gasteiger partial charge is 0.199 e. The predicted molar refractivity (Wildman–Crippen MR) is 144 cm³/mol. The molecule has 0 bridgehead atoms. The van der Waals surface area contributed by atoms with E-state index in [0.29, 0.717) is 10.3 Å². The summed E-state index contributed by atoms with van der Waals surface area (Å²) in [5.41, 5.74) is 8.40. The quantitative estimate of drug-likeness (QED) is 0.256. The first kappa shape index (κ1) is 23.8. The van der Waals surface area contributed by atoms with Gasteiger partial charge < -0.3 is 20.9 Å². The number of likely N-dealkylation sites (tertiary alicyclic amines) is 1. The van der Waals surface area contributed by atoms with Crippen molar-refractivity contribution in [3.63, 3.8) is 0 Å². The van der Waals surface area contributed by atoms with Crippen LogP contribution in [0.1, 0.15) is 64.2 Å². The van der Waals surface area contributed by atoms with E-state index in [1.54, 1.807) is 11.8 Å². The molecule has 1 aromatic carbocycles. The van der Waals surface area contributed by atoms with E-state index >= 15 is 0 Å². The fourth-order valence-electron chi connectivity index (χ4n) is 5.37. The fraction of sp³-hybridized carbons (Fsp3) is 0.680. The van der Waals surface area contributed by atoms with Crippen LogP contribution in [0.2, 0.25) is 0 Å². The molecule has 3 aliphatic rings. The molecule has 0 radical (unpaired) electrons. The Hall–Kier alpha value is -1.31. The molecule has 3 fully saturated rings. The van der Waals surface area contributed by atoms with E-state index in [2.05, 4.69) is 44.4 Å². The minimum Gasteiger partial charge on any atom is -0.378 e. The Morgan fingerprint density at radius 3 is 2.25 bits per heavy atom. The summed E-state index contributed by atoms with van der Waals surface area (Å²) in [7, 11) is 0. The van der Waals surface area contributed by atoms with Crippen LogP contribution in [0.25, 0.3) is 0 Å². The van der Waals surface area contributed by atoms with Crippen molar-refractivity contribution in [2.24, 2.45) is 16.6 Å². The third kappa shape index (κ3) is 7.09. The maximum atomic E-state index is 6.14. The van der Waals surface area contributed by atoms with Crippen LogP contribution in [0.4, 0.5) is 11.4 Å². The van der Waals surface area contributed by atoms with Crippen LogP contribution >= 0.6 is 24.0 Å². The summed E-state index contributed by atoms with van der Waals surface area (Å²) in [6.07, 6.45) is 13.4. The lowest BCUT2D eigenvalue weighted by molar-refractivity contribution is 0.208. The summed E-state index contributed by atoms with van der Waals surface area (Å²) < 4.78 is 0. The summed E-state index contributed by atoms with van der Waals surface area (Å²) in [6.45, 7) is 4.89. The number of anilines is 2. The van der Waals surface area contributed by atoms with Crippen molar-refractivity contribution >= 4 is 45.6 Å². The van der Waals surface area contributed by atoms with E-state index < -0.39 is 0 Å². The Kier molecular flexibility index (Phi) is 9.11. The zero-order chi connectivity index (χ0) is 22.2.